The number of guanidine groups is 1. The first kappa shape index (κ1) is 25.5. The molecule has 0 saturated carbocycles. The standard InChI is InChI=1S/C20H26ClN3O3S.HI/c1-4-22-20(23-13-15(2)27-18-9-7-17(21)8-10-18)24-14-16-5-11-19(12-6-16)28(3,25)26;/h5-12,15H,4,13-14H2,1-3H3,(H2,22,23,24);1H. The van der Waals surface area contributed by atoms with Gasteiger partial charge < -0.3 is 15.4 Å². The molecule has 0 aliphatic carbocycles. The Labute approximate surface area is 195 Å². The van der Waals surface area contributed by atoms with Crippen LogP contribution < -0.4 is 15.4 Å². The number of ether oxygens (including phenoxy) is 1. The second kappa shape index (κ2) is 12.2. The SMILES string of the molecule is CCNC(=NCc1ccc(S(C)(=O)=O)cc1)NCC(C)Oc1ccc(Cl)cc1.I. The van der Waals surface area contributed by atoms with Crippen molar-refractivity contribution in [1.29, 1.82) is 0 Å². The molecule has 0 bridgehead atoms. The Balaban J connectivity index is 0.00000420. The summed E-state index contributed by atoms with van der Waals surface area (Å²) in [5.74, 6) is 1.42. The number of hydrogen-bond donors (Lipinski definition) is 2. The Morgan fingerprint density at radius 3 is 2.28 bits per heavy atom. The third kappa shape index (κ3) is 9.22. The van der Waals surface area contributed by atoms with E-state index in [-0.39, 0.29) is 30.1 Å². The predicted octanol–water partition coefficient (Wildman–Crippen LogP) is 3.88. The van der Waals surface area contributed by atoms with Crippen molar-refractivity contribution in [2.24, 2.45) is 4.99 Å². The van der Waals surface area contributed by atoms with E-state index in [1.165, 1.54) is 6.26 Å². The molecule has 0 saturated heterocycles. The summed E-state index contributed by atoms with van der Waals surface area (Å²) in [5.41, 5.74) is 0.926. The van der Waals surface area contributed by atoms with Crippen molar-refractivity contribution in [3.63, 3.8) is 0 Å². The molecule has 1 atom stereocenters. The van der Waals surface area contributed by atoms with Gasteiger partial charge in [0, 0.05) is 17.8 Å². The van der Waals surface area contributed by atoms with Crippen molar-refractivity contribution < 1.29 is 13.2 Å². The summed E-state index contributed by atoms with van der Waals surface area (Å²) in [7, 11) is -3.19. The minimum Gasteiger partial charge on any atom is -0.489 e. The number of halogens is 2. The molecule has 0 heterocycles. The number of benzene rings is 2. The lowest BCUT2D eigenvalue weighted by molar-refractivity contribution is 0.224. The Morgan fingerprint density at radius 1 is 1.10 bits per heavy atom. The minimum absolute atomic E-state index is 0. The Bertz CT molecular complexity index is 888. The van der Waals surface area contributed by atoms with Crippen LogP contribution in [0.3, 0.4) is 0 Å². The molecule has 6 nitrogen and oxygen atoms in total. The summed E-state index contributed by atoms with van der Waals surface area (Å²) in [5, 5.41) is 7.11. The smallest absolute Gasteiger partial charge is 0.191 e. The second-order valence-electron chi connectivity index (χ2n) is 6.37. The first-order valence-electron chi connectivity index (χ1n) is 9.01. The van der Waals surface area contributed by atoms with Crippen molar-refractivity contribution in [2.75, 3.05) is 19.3 Å². The molecule has 2 rings (SSSR count). The number of nitrogens with one attached hydrogen (secondary N) is 2. The lowest BCUT2D eigenvalue weighted by Crippen LogP contribution is -2.41. The molecule has 2 aromatic rings. The number of rotatable bonds is 8. The molecule has 1 unspecified atom stereocenters. The van der Waals surface area contributed by atoms with Crippen LogP contribution in [0, 0.1) is 0 Å². The lowest BCUT2D eigenvalue weighted by Gasteiger charge is -2.17. The number of nitrogens with zero attached hydrogens (tertiary/aromatic N) is 1. The molecule has 0 fully saturated rings. The topological polar surface area (TPSA) is 79.8 Å². The van der Waals surface area contributed by atoms with Gasteiger partial charge >= 0.3 is 0 Å². The summed E-state index contributed by atoms with van der Waals surface area (Å²) < 4.78 is 28.9. The molecule has 9 heteroatoms. The summed E-state index contributed by atoms with van der Waals surface area (Å²) >= 11 is 5.88. The summed E-state index contributed by atoms with van der Waals surface area (Å²) in [4.78, 5) is 4.84. The van der Waals surface area contributed by atoms with Crippen LogP contribution in [0.1, 0.15) is 19.4 Å². The highest BCUT2D eigenvalue weighted by molar-refractivity contribution is 14.0. The Morgan fingerprint density at radius 2 is 1.72 bits per heavy atom. The first-order chi connectivity index (χ1) is 13.3. The van der Waals surface area contributed by atoms with Crippen molar-refractivity contribution in [2.45, 2.75) is 31.4 Å². The van der Waals surface area contributed by atoms with Gasteiger partial charge in [0.15, 0.2) is 15.8 Å². The average molecular weight is 552 g/mol. The minimum atomic E-state index is -3.19. The molecule has 0 spiro atoms. The maximum absolute atomic E-state index is 11.5. The van der Waals surface area contributed by atoms with Gasteiger partial charge in [-0.25, -0.2) is 13.4 Å². The number of sulfone groups is 1. The fourth-order valence-electron chi connectivity index (χ4n) is 2.38. The van der Waals surface area contributed by atoms with Crippen LogP contribution in [-0.4, -0.2) is 39.8 Å². The van der Waals surface area contributed by atoms with Crippen molar-refractivity contribution in [1.82, 2.24) is 10.6 Å². The Hall–Kier alpha value is -1.52. The van der Waals surface area contributed by atoms with Gasteiger partial charge in [0.05, 0.1) is 18.0 Å². The molecular weight excluding hydrogens is 525 g/mol. The molecule has 29 heavy (non-hydrogen) atoms. The van der Waals surface area contributed by atoms with Gasteiger partial charge in [-0.15, -0.1) is 24.0 Å². The highest BCUT2D eigenvalue weighted by atomic mass is 127. The molecule has 160 valence electrons. The molecule has 0 aliphatic rings. The molecule has 0 radical (unpaired) electrons. The van der Waals surface area contributed by atoms with E-state index < -0.39 is 9.84 Å². The first-order valence-corrected chi connectivity index (χ1v) is 11.3. The van der Waals surface area contributed by atoms with Crippen LogP contribution in [0.25, 0.3) is 0 Å². The van der Waals surface area contributed by atoms with Gasteiger partial charge in [0.1, 0.15) is 11.9 Å². The zero-order chi connectivity index (χ0) is 20.6. The van der Waals surface area contributed by atoms with Gasteiger partial charge in [-0.2, -0.15) is 0 Å². The van der Waals surface area contributed by atoms with E-state index in [1.54, 1.807) is 36.4 Å². The monoisotopic (exact) mass is 551 g/mol. The third-order valence-corrected chi connectivity index (χ3v) is 5.20. The van der Waals surface area contributed by atoms with Crippen molar-refractivity contribution in [3.8, 4) is 5.75 Å². The van der Waals surface area contributed by atoms with Crippen molar-refractivity contribution in [3.05, 3.63) is 59.1 Å². The van der Waals surface area contributed by atoms with E-state index in [2.05, 4.69) is 15.6 Å². The zero-order valence-corrected chi connectivity index (χ0v) is 20.6. The van der Waals surface area contributed by atoms with Gasteiger partial charge in [-0.1, -0.05) is 23.7 Å². The van der Waals surface area contributed by atoms with Gasteiger partial charge in [0.25, 0.3) is 0 Å². The number of aliphatic imine (C=N–C) groups is 1. The number of hydrogen-bond acceptors (Lipinski definition) is 4. The van der Waals surface area contributed by atoms with Crippen LogP contribution in [-0.2, 0) is 16.4 Å². The molecular formula is C20H27ClIN3O3S. The van der Waals surface area contributed by atoms with E-state index in [0.29, 0.717) is 29.0 Å². The van der Waals surface area contributed by atoms with Crippen LogP contribution >= 0.6 is 35.6 Å². The highest BCUT2D eigenvalue weighted by Crippen LogP contribution is 2.16. The van der Waals surface area contributed by atoms with E-state index in [1.807, 2.05) is 26.0 Å². The Kier molecular flexibility index (Phi) is 10.8. The van der Waals surface area contributed by atoms with E-state index >= 15 is 0 Å². The average Bonchev–Trinajstić information content (AvgIpc) is 2.65. The van der Waals surface area contributed by atoms with Gasteiger partial charge in [0.2, 0.25) is 0 Å². The molecule has 0 amide bonds. The second-order valence-corrected chi connectivity index (χ2v) is 8.83. The summed E-state index contributed by atoms with van der Waals surface area (Å²) in [6, 6.07) is 14.0. The fraction of sp³-hybridized carbons (Fsp3) is 0.350. The predicted molar refractivity (Wildman–Crippen MR) is 129 cm³/mol. The van der Waals surface area contributed by atoms with Gasteiger partial charge in [-0.05, 0) is 55.8 Å². The van der Waals surface area contributed by atoms with Crippen LogP contribution in [0.15, 0.2) is 58.4 Å². The van der Waals surface area contributed by atoms with Crippen molar-refractivity contribution >= 4 is 51.4 Å². The molecule has 0 aromatic heterocycles. The van der Waals surface area contributed by atoms with Crippen LogP contribution in [0.4, 0.5) is 0 Å². The summed E-state index contributed by atoms with van der Waals surface area (Å²) in [6.07, 6.45) is 1.12. The summed E-state index contributed by atoms with van der Waals surface area (Å²) in [6.45, 7) is 5.69. The molecule has 2 N–H and O–H groups in total. The fourth-order valence-corrected chi connectivity index (χ4v) is 3.14. The maximum atomic E-state index is 11.5. The zero-order valence-electron chi connectivity index (χ0n) is 16.7. The lowest BCUT2D eigenvalue weighted by atomic mass is 10.2. The molecule has 2 aromatic carbocycles. The maximum Gasteiger partial charge on any atom is 0.191 e. The largest absolute Gasteiger partial charge is 0.489 e. The van der Waals surface area contributed by atoms with E-state index in [4.69, 9.17) is 16.3 Å². The van der Waals surface area contributed by atoms with E-state index in [9.17, 15) is 8.42 Å². The highest BCUT2D eigenvalue weighted by Gasteiger charge is 2.07. The quantitative estimate of drug-likeness (QED) is 0.296. The normalized spacial score (nSPS) is 12.6. The third-order valence-electron chi connectivity index (χ3n) is 3.82. The van der Waals surface area contributed by atoms with E-state index in [0.717, 1.165) is 17.9 Å². The van der Waals surface area contributed by atoms with Crippen LogP contribution in [0.5, 0.6) is 5.75 Å². The van der Waals surface area contributed by atoms with Gasteiger partial charge in [-0.3, -0.25) is 0 Å². The van der Waals surface area contributed by atoms with Crippen LogP contribution in [0.2, 0.25) is 5.02 Å². The molecule has 0 aliphatic heterocycles.